The zero-order valence-electron chi connectivity index (χ0n) is 9.12. The van der Waals surface area contributed by atoms with Gasteiger partial charge in [0.1, 0.15) is 5.01 Å². The van der Waals surface area contributed by atoms with Crippen molar-refractivity contribution in [3.05, 3.63) is 41.2 Å². The number of hydrogen-bond acceptors (Lipinski definition) is 4. The molecule has 0 aliphatic heterocycles. The SMILES string of the molecule is Cc1nc(-c2cccnc2)sc1/C=C/C(=O)O. The van der Waals surface area contributed by atoms with Gasteiger partial charge in [-0.25, -0.2) is 9.78 Å². The third kappa shape index (κ3) is 2.76. The van der Waals surface area contributed by atoms with Crippen molar-refractivity contribution in [2.75, 3.05) is 0 Å². The first-order valence-corrected chi connectivity index (χ1v) is 5.77. The second-order valence-corrected chi connectivity index (χ2v) is 4.41. The van der Waals surface area contributed by atoms with E-state index in [2.05, 4.69) is 9.97 Å². The van der Waals surface area contributed by atoms with Gasteiger partial charge >= 0.3 is 5.97 Å². The second kappa shape index (κ2) is 4.88. The summed E-state index contributed by atoms with van der Waals surface area (Å²) in [6, 6.07) is 3.77. The maximum absolute atomic E-state index is 10.4. The minimum Gasteiger partial charge on any atom is -0.478 e. The molecule has 86 valence electrons. The minimum absolute atomic E-state index is 0.825. The van der Waals surface area contributed by atoms with Gasteiger partial charge in [0.15, 0.2) is 0 Å². The third-order valence-electron chi connectivity index (χ3n) is 2.12. The molecule has 0 atom stereocenters. The Labute approximate surface area is 102 Å². The first-order valence-electron chi connectivity index (χ1n) is 4.95. The summed E-state index contributed by atoms with van der Waals surface area (Å²) >= 11 is 1.45. The lowest BCUT2D eigenvalue weighted by Gasteiger charge is -1.91. The monoisotopic (exact) mass is 246 g/mol. The normalized spacial score (nSPS) is 10.9. The van der Waals surface area contributed by atoms with Crippen LogP contribution >= 0.6 is 11.3 Å². The van der Waals surface area contributed by atoms with E-state index < -0.39 is 5.97 Å². The van der Waals surface area contributed by atoms with Gasteiger partial charge in [-0.2, -0.15) is 0 Å². The Bertz CT molecular complexity index is 561. The third-order valence-corrected chi connectivity index (χ3v) is 3.29. The predicted molar refractivity (Wildman–Crippen MR) is 66.8 cm³/mol. The summed E-state index contributed by atoms with van der Waals surface area (Å²) in [7, 11) is 0. The van der Waals surface area contributed by atoms with Crippen molar-refractivity contribution in [1.29, 1.82) is 0 Å². The van der Waals surface area contributed by atoms with E-state index in [4.69, 9.17) is 5.11 Å². The number of thiazole rings is 1. The fraction of sp³-hybridized carbons (Fsp3) is 0.0833. The van der Waals surface area contributed by atoms with Crippen molar-refractivity contribution in [3.63, 3.8) is 0 Å². The van der Waals surface area contributed by atoms with Crippen LogP contribution in [-0.2, 0) is 4.79 Å². The van der Waals surface area contributed by atoms with Crippen LogP contribution in [0.3, 0.4) is 0 Å². The molecule has 0 spiro atoms. The summed E-state index contributed by atoms with van der Waals surface area (Å²) in [5.41, 5.74) is 1.77. The van der Waals surface area contributed by atoms with Gasteiger partial charge in [-0.05, 0) is 25.1 Å². The number of carboxylic acid groups (broad SMARTS) is 1. The standard InChI is InChI=1S/C12H10N2O2S/c1-8-10(4-5-11(15)16)17-12(14-8)9-3-2-6-13-7-9/h2-7H,1H3,(H,15,16)/b5-4+. The summed E-state index contributed by atoms with van der Waals surface area (Å²) in [5, 5.41) is 9.42. The number of nitrogens with zero attached hydrogens (tertiary/aromatic N) is 2. The Morgan fingerprint density at radius 3 is 3.00 bits per heavy atom. The lowest BCUT2D eigenvalue weighted by Crippen LogP contribution is -1.85. The number of aliphatic carboxylic acids is 1. The van der Waals surface area contributed by atoms with Gasteiger partial charge in [0.05, 0.1) is 10.6 Å². The molecule has 2 heterocycles. The van der Waals surface area contributed by atoms with Crippen LogP contribution < -0.4 is 0 Å². The number of rotatable bonds is 3. The number of carboxylic acids is 1. The van der Waals surface area contributed by atoms with E-state index in [1.807, 2.05) is 19.1 Å². The lowest BCUT2D eigenvalue weighted by atomic mass is 10.3. The molecule has 0 aromatic carbocycles. The molecule has 4 nitrogen and oxygen atoms in total. The smallest absolute Gasteiger partial charge is 0.328 e. The zero-order valence-corrected chi connectivity index (χ0v) is 9.94. The van der Waals surface area contributed by atoms with E-state index in [1.54, 1.807) is 18.5 Å². The molecule has 0 radical (unpaired) electrons. The first-order chi connectivity index (χ1) is 8.16. The van der Waals surface area contributed by atoms with Crippen LogP contribution in [0.5, 0.6) is 0 Å². The van der Waals surface area contributed by atoms with Gasteiger partial charge in [-0.3, -0.25) is 4.98 Å². The van der Waals surface area contributed by atoms with Crippen LogP contribution in [-0.4, -0.2) is 21.0 Å². The van der Waals surface area contributed by atoms with Crippen molar-refractivity contribution >= 4 is 23.4 Å². The van der Waals surface area contributed by atoms with E-state index in [0.717, 1.165) is 27.2 Å². The highest BCUT2D eigenvalue weighted by Gasteiger charge is 2.07. The molecule has 0 aliphatic rings. The molecule has 0 bridgehead atoms. The molecule has 5 heteroatoms. The highest BCUT2D eigenvalue weighted by Crippen LogP contribution is 2.27. The molecule has 17 heavy (non-hydrogen) atoms. The summed E-state index contributed by atoms with van der Waals surface area (Å²) in [6.45, 7) is 1.86. The van der Waals surface area contributed by atoms with Gasteiger partial charge in [0, 0.05) is 24.0 Å². The summed E-state index contributed by atoms with van der Waals surface area (Å²) < 4.78 is 0. The van der Waals surface area contributed by atoms with E-state index in [9.17, 15) is 4.79 Å². The van der Waals surface area contributed by atoms with Gasteiger partial charge in [-0.1, -0.05) is 0 Å². The van der Waals surface area contributed by atoms with E-state index in [0.29, 0.717) is 0 Å². The largest absolute Gasteiger partial charge is 0.478 e. The molecule has 1 N–H and O–H groups in total. The van der Waals surface area contributed by atoms with Crippen molar-refractivity contribution in [2.45, 2.75) is 6.92 Å². The molecule has 2 rings (SSSR count). The molecule has 0 amide bonds. The van der Waals surface area contributed by atoms with E-state index in [1.165, 1.54) is 11.3 Å². The number of hydrogen-bond donors (Lipinski definition) is 1. The Kier molecular flexibility index (Phi) is 3.30. The van der Waals surface area contributed by atoms with Gasteiger partial charge in [-0.15, -0.1) is 11.3 Å². The second-order valence-electron chi connectivity index (χ2n) is 3.38. The molecule has 0 saturated carbocycles. The average Bonchev–Trinajstić information content (AvgIpc) is 2.69. The molecule has 0 aliphatic carbocycles. The Hall–Kier alpha value is -2.01. The van der Waals surface area contributed by atoms with Crippen molar-refractivity contribution in [3.8, 4) is 10.6 Å². The summed E-state index contributed by atoms with van der Waals surface area (Å²) in [6.07, 6.45) is 6.13. The van der Waals surface area contributed by atoms with Gasteiger partial charge in [0.2, 0.25) is 0 Å². The zero-order chi connectivity index (χ0) is 12.3. The highest BCUT2D eigenvalue weighted by atomic mass is 32.1. The van der Waals surface area contributed by atoms with Gasteiger partial charge in [0.25, 0.3) is 0 Å². The van der Waals surface area contributed by atoms with Crippen LogP contribution in [0.1, 0.15) is 10.6 Å². The first kappa shape index (κ1) is 11.5. The van der Waals surface area contributed by atoms with Crippen molar-refractivity contribution in [2.24, 2.45) is 0 Å². The molecule has 0 fully saturated rings. The maximum atomic E-state index is 10.4. The average molecular weight is 246 g/mol. The van der Waals surface area contributed by atoms with E-state index in [-0.39, 0.29) is 0 Å². The molecule has 0 saturated heterocycles. The Morgan fingerprint density at radius 2 is 2.35 bits per heavy atom. The minimum atomic E-state index is -0.958. The summed E-state index contributed by atoms with van der Waals surface area (Å²) in [4.78, 5) is 19.7. The van der Waals surface area contributed by atoms with Crippen LogP contribution in [0, 0.1) is 6.92 Å². The summed E-state index contributed by atoms with van der Waals surface area (Å²) in [5.74, 6) is -0.958. The Balaban J connectivity index is 2.34. The molecule has 0 unspecified atom stereocenters. The lowest BCUT2D eigenvalue weighted by molar-refractivity contribution is -0.131. The Morgan fingerprint density at radius 1 is 1.53 bits per heavy atom. The van der Waals surface area contributed by atoms with Gasteiger partial charge < -0.3 is 5.11 Å². The van der Waals surface area contributed by atoms with Crippen molar-refractivity contribution in [1.82, 2.24) is 9.97 Å². The highest BCUT2D eigenvalue weighted by molar-refractivity contribution is 7.16. The topological polar surface area (TPSA) is 63.1 Å². The van der Waals surface area contributed by atoms with Crippen LogP contribution in [0.4, 0.5) is 0 Å². The number of aryl methyl sites for hydroxylation is 1. The number of aromatic nitrogens is 2. The molecule has 2 aromatic rings. The quantitative estimate of drug-likeness (QED) is 0.845. The van der Waals surface area contributed by atoms with Crippen LogP contribution in [0.25, 0.3) is 16.6 Å². The molecule has 2 aromatic heterocycles. The number of pyridine rings is 1. The number of carbonyl (C=O) groups is 1. The molecular weight excluding hydrogens is 236 g/mol. The van der Waals surface area contributed by atoms with Crippen LogP contribution in [0.2, 0.25) is 0 Å². The van der Waals surface area contributed by atoms with Crippen molar-refractivity contribution < 1.29 is 9.90 Å². The fourth-order valence-corrected chi connectivity index (χ4v) is 2.28. The fourth-order valence-electron chi connectivity index (χ4n) is 1.32. The predicted octanol–water partition coefficient (Wildman–Crippen LogP) is 2.61. The van der Waals surface area contributed by atoms with E-state index >= 15 is 0 Å². The molecular formula is C12H10N2O2S. The maximum Gasteiger partial charge on any atom is 0.328 e. The van der Waals surface area contributed by atoms with Crippen LogP contribution in [0.15, 0.2) is 30.6 Å².